The van der Waals surface area contributed by atoms with E-state index in [-0.39, 0.29) is 35.1 Å². The summed E-state index contributed by atoms with van der Waals surface area (Å²) in [5.41, 5.74) is -2.53. The summed E-state index contributed by atoms with van der Waals surface area (Å²) in [4.78, 5) is 24.2. The SMILES string of the molecule is CCOC(=O)C#CC1(O)C2CC2C2C3C4CC4C4(O)CC(=O)CCC4(C)C3CCC21C. The molecule has 0 aromatic carbocycles. The average Bonchev–Trinajstić information content (AvgIpc) is 3.61. The molecule has 31 heavy (non-hydrogen) atoms. The molecule has 11 unspecified atom stereocenters. The number of ketones is 1. The minimum absolute atomic E-state index is 0.141. The van der Waals surface area contributed by atoms with Crippen LogP contribution in [-0.2, 0) is 14.3 Å². The smallest absolute Gasteiger partial charge is 0.384 e. The summed E-state index contributed by atoms with van der Waals surface area (Å²) in [6.45, 7) is 6.50. The second-order valence-electron chi connectivity index (χ2n) is 12.0. The van der Waals surface area contributed by atoms with Gasteiger partial charge in [-0.15, -0.1) is 0 Å². The van der Waals surface area contributed by atoms with Crippen molar-refractivity contribution >= 4 is 11.8 Å². The van der Waals surface area contributed by atoms with Gasteiger partial charge in [0.25, 0.3) is 0 Å². The highest BCUT2D eigenvalue weighted by Crippen LogP contribution is 2.81. The highest BCUT2D eigenvalue weighted by Gasteiger charge is 2.81. The lowest BCUT2D eigenvalue weighted by molar-refractivity contribution is -0.218. The van der Waals surface area contributed by atoms with Crippen LogP contribution in [0.3, 0.4) is 0 Å². The molecule has 0 aliphatic heterocycles. The summed E-state index contributed by atoms with van der Waals surface area (Å²) < 4.78 is 4.99. The zero-order chi connectivity index (χ0) is 22.0. The van der Waals surface area contributed by atoms with Crippen molar-refractivity contribution in [2.24, 2.45) is 52.3 Å². The molecule has 2 N–H and O–H groups in total. The molecule has 168 valence electrons. The van der Waals surface area contributed by atoms with Crippen molar-refractivity contribution < 1.29 is 24.5 Å². The summed E-state index contributed by atoms with van der Waals surface area (Å²) in [6.07, 6.45) is 5.51. The quantitative estimate of drug-likeness (QED) is 0.383. The van der Waals surface area contributed by atoms with E-state index in [1.54, 1.807) is 6.92 Å². The van der Waals surface area contributed by atoms with Crippen LogP contribution in [0.15, 0.2) is 0 Å². The van der Waals surface area contributed by atoms with Gasteiger partial charge < -0.3 is 14.9 Å². The topological polar surface area (TPSA) is 83.8 Å². The number of hydrogen-bond donors (Lipinski definition) is 2. The molecule has 6 aliphatic rings. The predicted octanol–water partition coefficient (Wildman–Crippen LogP) is 2.72. The average molecular weight is 427 g/mol. The molecule has 0 radical (unpaired) electrons. The minimum Gasteiger partial charge on any atom is -0.456 e. The number of aliphatic hydroxyl groups is 2. The first-order valence-corrected chi connectivity index (χ1v) is 12.3. The van der Waals surface area contributed by atoms with Gasteiger partial charge in [0, 0.05) is 35.5 Å². The Balaban J connectivity index is 1.37. The van der Waals surface area contributed by atoms with Crippen molar-refractivity contribution in [1.82, 2.24) is 0 Å². The lowest BCUT2D eigenvalue weighted by atomic mass is 9.42. The fourth-order valence-corrected chi connectivity index (χ4v) is 9.52. The second-order valence-corrected chi connectivity index (χ2v) is 12.0. The van der Waals surface area contributed by atoms with Gasteiger partial charge in [0.2, 0.25) is 0 Å². The van der Waals surface area contributed by atoms with E-state index in [1.807, 2.05) is 0 Å². The second kappa shape index (κ2) is 5.94. The summed E-state index contributed by atoms with van der Waals surface area (Å²) in [5.74, 6) is 7.82. The van der Waals surface area contributed by atoms with Gasteiger partial charge in [-0.1, -0.05) is 19.8 Å². The van der Waals surface area contributed by atoms with Crippen molar-refractivity contribution in [2.75, 3.05) is 6.61 Å². The molecule has 6 rings (SSSR count). The molecule has 6 fully saturated rings. The lowest BCUT2D eigenvalue weighted by Gasteiger charge is -2.63. The van der Waals surface area contributed by atoms with E-state index in [9.17, 15) is 19.8 Å². The zero-order valence-electron chi connectivity index (χ0n) is 18.8. The Hall–Kier alpha value is -1.38. The number of hydrogen-bond acceptors (Lipinski definition) is 5. The molecular weight excluding hydrogens is 392 g/mol. The van der Waals surface area contributed by atoms with Gasteiger partial charge in [0.15, 0.2) is 0 Å². The monoisotopic (exact) mass is 426 g/mol. The van der Waals surface area contributed by atoms with Crippen molar-refractivity contribution in [3.8, 4) is 11.8 Å². The number of ether oxygens (including phenoxy) is 1. The molecule has 0 bridgehead atoms. The lowest BCUT2D eigenvalue weighted by Crippen LogP contribution is -2.65. The van der Waals surface area contributed by atoms with E-state index in [4.69, 9.17) is 4.74 Å². The van der Waals surface area contributed by atoms with E-state index in [2.05, 4.69) is 25.7 Å². The Morgan fingerprint density at radius 1 is 1.10 bits per heavy atom. The molecule has 0 saturated heterocycles. The summed E-state index contributed by atoms with van der Waals surface area (Å²) >= 11 is 0. The molecule has 0 spiro atoms. The Morgan fingerprint density at radius 2 is 1.84 bits per heavy atom. The Labute approximate surface area is 184 Å². The van der Waals surface area contributed by atoms with E-state index < -0.39 is 17.2 Å². The highest BCUT2D eigenvalue weighted by atomic mass is 16.5. The first kappa shape index (κ1) is 20.2. The molecule has 5 heteroatoms. The Kier molecular flexibility index (Phi) is 3.88. The maximum absolute atomic E-state index is 12.3. The fourth-order valence-electron chi connectivity index (χ4n) is 9.52. The molecular formula is C26H34O5. The predicted molar refractivity (Wildman–Crippen MR) is 112 cm³/mol. The largest absolute Gasteiger partial charge is 0.456 e. The van der Waals surface area contributed by atoms with Gasteiger partial charge in [-0.25, -0.2) is 4.79 Å². The van der Waals surface area contributed by atoms with Gasteiger partial charge >= 0.3 is 5.97 Å². The van der Waals surface area contributed by atoms with Crippen molar-refractivity contribution in [2.45, 2.75) is 76.9 Å². The van der Waals surface area contributed by atoms with Crippen LogP contribution < -0.4 is 0 Å². The van der Waals surface area contributed by atoms with E-state index in [0.29, 0.717) is 42.4 Å². The maximum atomic E-state index is 12.3. The molecule has 0 aromatic heterocycles. The molecule has 6 saturated carbocycles. The number of rotatable bonds is 1. The van der Waals surface area contributed by atoms with Crippen LogP contribution in [0.4, 0.5) is 0 Å². The highest BCUT2D eigenvalue weighted by molar-refractivity contribution is 5.88. The van der Waals surface area contributed by atoms with Crippen LogP contribution in [0.5, 0.6) is 0 Å². The van der Waals surface area contributed by atoms with Crippen LogP contribution in [0.1, 0.15) is 65.7 Å². The van der Waals surface area contributed by atoms with Gasteiger partial charge in [0.1, 0.15) is 11.4 Å². The Morgan fingerprint density at radius 3 is 2.58 bits per heavy atom. The molecule has 11 atom stereocenters. The normalized spacial score (nSPS) is 57.8. The number of Topliss-reactive ketones (excluding diaryl/α,β-unsaturated/α-hetero) is 1. The first-order valence-electron chi connectivity index (χ1n) is 12.3. The van der Waals surface area contributed by atoms with Crippen LogP contribution in [0, 0.1) is 64.1 Å². The maximum Gasteiger partial charge on any atom is 0.384 e. The molecule has 5 nitrogen and oxygen atoms in total. The number of carbonyl (C=O) groups is 2. The molecule has 0 amide bonds. The van der Waals surface area contributed by atoms with Crippen molar-refractivity contribution in [1.29, 1.82) is 0 Å². The van der Waals surface area contributed by atoms with Crippen LogP contribution in [-0.4, -0.2) is 39.8 Å². The number of carbonyl (C=O) groups excluding carboxylic acids is 2. The van der Waals surface area contributed by atoms with Gasteiger partial charge in [0.05, 0.1) is 12.2 Å². The van der Waals surface area contributed by atoms with E-state index in [0.717, 1.165) is 32.1 Å². The van der Waals surface area contributed by atoms with Gasteiger partial charge in [-0.2, -0.15) is 0 Å². The first-order chi connectivity index (χ1) is 14.6. The van der Waals surface area contributed by atoms with Gasteiger partial charge in [-0.3, -0.25) is 4.79 Å². The van der Waals surface area contributed by atoms with Crippen LogP contribution in [0.25, 0.3) is 0 Å². The van der Waals surface area contributed by atoms with Crippen LogP contribution >= 0.6 is 0 Å². The standard InChI is InChI=1S/C26H34O5/c1-4-31-20(28)7-10-25(29)19-12-16(19)22-21-15-11-18(15)26(30)13-14(27)5-8-23(26,2)17(21)6-9-24(22,25)3/h15-19,21-22,29-30H,4-6,8-9,11-13H2,1-3H3. The number of fused-ring (bicyclic) bond motifs is 10. The summed E-state index contributed by atoms with van der Waals surface area (Å²) in [7, 11) is 0. The summed E-state index contributed by atoms with van der Waals surface area (Å²) in [6, 6.07) is 0. The third-order valence-electron chi connectivity index (χ3n) is 11.1. The third-order valence-corrected chi connectivity index (χ3v) is 11.1. The zero-order valence-corrected chi connectivity index (χ0v) is 18.8. The minimum atomic E-state index is -1.14. The van der Waals surface area contributed by atoms with E-state index in [1.165, 1.54) is 0 Å². The van der Waals surface area contributed by atoms with Gasteiger partial charge in [-0.05, 0) is 74.5 Å². The molecule has 0 heterocycles. The molecule has 6 aliphatic carbocycles. The molecule has 0 aromatic rings. The van der Waals surface area contributed by atoms with E-state index >= 15 is 0 Å². The number of esters is 1. The summed E-state index contributed by atoms with van der Waals surface area (Å²) in [5, 5.41) is 23.7. The Bertz CT molecular complexity index is 932. The van der Waals surface area contributed by atoms with Crippen LogP contribution in [0.2, 0.25) is 0 Å². The van der Waals surface area contributed by atoms with Crippen molar-refractivity contribution in [3.63, 3.8) is 0 Å². The van der Waals surface area contributed by atoms with Crippen molar-refractivity contribution in [3.05, 3.63) is 0 Å². The fraction of sp³-hybridized carbons (Fsp3) is 0.846. The third kappa shape index (κ3) is 2.27.